The molecule has 1 aliphatic heterocycles. The first-order valence-electron chi connectivity index (χ1n) is 11.9. The van der Waals surface area contributed by atoms with Gasteiger partial charge in [-0.2, -0.15) is 0 Å². The molecule has 0 aromatic heterocycles. The lowest BCUT2D eigenvalue weighted by molar-refractivity contribution is -0.123. The van der Waals surface area contributed by atoms with E-state index in [1.54, 1.807) is 14.2 Å². The maximum Gasteiger partial charge on any atom is 0.220 e. The normalized spacial score (nSPS) is 31.1. The van der Waals surface area contributed by atoms with Crippen LogP contribution in [-0.4, -0.2) is 38.1 Å². The van der Waals surface area contributed by atoms with Crippen molar-refractivity contribution < 1.29 is 19.1 Å². The molecule has 6 heteroatoms. The number of methoxy groups -OCH3 is 2. The van der Waals surface area contributed by atoms with Crippen LogP contribution in [0.5, 0.6) is 11.5 Å². The predicted octanol–water partition coefficient (Wildman–Crippen LogP) is 3.39. The molecule has 6 nitrogen and oxygen atoms in total. The Morgan fingerprint density at radius 3 is 2.62 bits per heavy atom. The smallest absolute Gasteiger partial charge is 0.220 e. The van der Waals surface area contributed by atoms with Gasteiger partial charge < -0.3 is 20.1 Å². The lowest BCUT2D eigenvalue weighted by atomic mass is 9.84. The molecule has 2 bridgehead atoms. The summed E-state index contributed by atoms with van der Waals surface area (Å²) in [7, 11) is 3.24. The summed E-state index contributed by atoms with van der Waals surface area (Å²) in [5, 5.41) is 6.38. The molecule has 32 heavy (non-hydrogen) atoms. The van der Waals surface area contributed by atoms with Crippen LogP contribution in [-0.2, 0) is 16.0 Å². The summed E-state index contributed by atoms with van der Waals surface area (Å²) in [5.74, 6) is 3.51. The van der Waals surface area contributed by atoms with E-state index < -0.39 is 0 Å². The van der Waals surface area contributed by atoms with Gasteiger partial charge >= 0.3 is 0 Å². The summed E-state index contributed by atoms with van der Waals surface area (Å²) < 4.78 is 10.8. The van der Waals surface area contributed by atoms with Crippen molar-refractivity contribution in [2.45, 2.75) is 56.9 Å². The molecule has 4 aliphatic rings. The van der Waals surface area contributed by atoms with Crippen LogP contribution in [0.3, 0.4) is 0 Å². The Hall–Kier alpha value is -2.50. The minimum Gasteiger partial charge on any atom is -0.493 e. The first kappa shape index (κ1) is 21.4. The lowest BCUT2D eigenvalue weighted by Gasteiger charge is -2.30. The fourth-order valence-corrected chi connectivity index (χ4v) is 6.61. The third kappa shape index (κ3) is 3.78. The number of hydrogen-bond donors (Lipinski definition) is 2. The van der Waals surface area contributed by atoms with Crippen LogP contribution < -0.4 is 20.1 Å². The van der Waals surface area contributed by atoms with Gasteiger partial charge in [0.1, 0.15) is 0 Å². The van der Waals surface area contributed by atoms with Gasteiger partial charge in [-0.25, -0.2) is 0 Å². The molecule has 172 valence electrons. The third-order valence-electron chi connectivity index (χ3n) is 8.46. The van der Waals surface area contributed by atoms with Crippen LogP contribution in [0.25, 0.3) is 0 Å². The minimum atomic E-state index is -0.388. The lowest BCUT2D eigenvalue weighted by Crippen LogP contribution is -2.44. The molecule has 1 aromatic carbocycles. The average molecular weight is 439 g/mol. The number of carbonyl (C=O) groups is 2. The number of ether oxygens (including phenoxy) is 2. The fraction of sp³-hybridized carbons (Fsp3) is 0.615. The molecular formula is C26H34N2O4. The summed E-state index contributed by atoms with van der Waals surface area (Å²) in [6.45, 7) is 0.779. The quantitative estimate of drug-likeness (QED) is 0.580. The second-order valence-electron chi connectivity index (χ2n) is 10.2. The van der Waals surface area contributed by atoms with Crippen molar-refractivity contribution in [3.63, 3.8) is 0 Å². The van der Waals surface area contributed by atoms with Gasteiger partial charge in [0.25, 0.3) is 0 Å². The molecule has 3 fully saturated rings. The molecule has 1 heterocycles. The molecule has 1 aromatic rings. The number of hydrogen-bond acceptors (Lipinski definition) is 4. The largest absolute Gasteiger partial charge is 0.493 e. The Labute approximate surface area is 190 Å². The van der Waals surface area contributed by atoms with Gasteiger partial charge in [-0.1, -0.05) is 18.2 Å². The highest BCUT2D eigenvalue weighted by atomic mass is 16.5. The summed E-state index contributed by atoms with van der Waals surface area (Å²) in [6, 6.07) is 5.85. The first-order chi connectivity index (χ1) is 15.5. The molecule has 2 N–H and O–H groups in total. The number of benzene rings is 1. The Bertz CT molecular complexity index is 938. The highest BCUT2D eigenvalue weighted by molar-refractivity contribution is 5.80. The highest BCUT2D eigenvalue weighted by Gasteiger charge is 2.62. The van der Waals surface area contributed by atoms with Crippen molar-refractivity contribution in [1.82, 2.24) is 10.6 Å². The highest BCUT2D eigenvalue weighted by Crippen LogP contribution is 2.69. The maximum absolute atomic E-state index is 12.7. The number of nitrogens with one attached hydrogen (secondary N) is 2. The van der Waals surface area contributed by atoms with Gasteiger partial charge in [0, 0.05) is 24.9 Å². The summed E-state index contributed by atoms with van der Waals surface area (Å²) in [6.07, 6.45) is 11.8. The minimum absolute atomic E-state index is 0.0642. The van der Waals surface area contributed by atoms with Gasteiger partial charge in [0.05, 0.1) is 14.2 Å². The van der Waals surface area contributed by atoms with Crippen molar-refractivity contribution >= 4 is 11.8 Å². The summed E-state index contributed by atoms with van der Waals surface area (Å²) in [4.78, 5) is 24.8. The van der Waals surface area contributed by atoms with E-state index in [0.717, 1.165) is 24.4 Å². The van der Waals surface area contributed by atoms with Crippen LogP contribution in [0.2, 0.25) is 0 Å². The first-order valence-corrected chi connectivity index (χ1v) is 11.9. The van der Waals surface area contributed by atoms with Crippen molar-refractivity contribution in [1.29, 1.82) is 0 Å². The van der Waals surface area contributed by atoms with E-state index >= 15 is 0 Å². The molecule has 5 rings (SSSR count). The zero-order valence-corrected chi connectivity index (χ0v) is 19.1. The zero-order chi connectivity index (χ0) is 22.3. The average Bonchev–Trinajstić information content (AvgIpc) is 3.33. The van der Waals surface area contributed by atoms with Gasteiger partial charge in [-0.3, -0.25) is 9.59 Å². The van der Waals surface area contributed by atoms with E-state index in [4.69, 9.17) is 9.47 Å². The summed E-state index contributed by atoms with van der Waals surface area (Å²) in [5.41, 5.74) is 1.24. The van der Waals surface area contributed by atoms with Crippen LogP contribution in [0.15, 0.2) is 30.4 Å². The van der Waals surface area contributed by atoms with Gasteiger partial charge in [0.2, 0.25) is 11.8 Å². The third-order valence-corrected chi connectivity index (χ3v) is 8.46. The number of rotatable bonds is 9. The molecule has 1 saturated heterocycles. The Morgan fingerprint density at radius 1 is 1.16 bits per heavy atom. The van der Waals surface area contributed by atoms with E-state index in [9.17, 15) is 9.59 Å². The van der Waals surface area contributed by atoms with E-state index in [2.05, 4.69) is 22.8 Å². The van der Waals surface area contributed by atoms with Crippen LogP contribution in [0.4, 0.5) is 0 Å². The predicted molar refractivity (Wildman–Crippen MR) is 121 cm³/mol. The van der Waals surface area contributed by atoms with Gasteiger partial charge in [-0.05, 0) is 79.4 Å². The van der Waals surface area contributed by atoms with E-state index in [0.29, 0.717) is 54.4 Å². The Kier molecular flexibility index (Phi) is 5.42. The van der Waals surface area contributed by atoms with E-state index in [-0.39, 0.29) is 17.4 Å². The number of amides is 2. The molecule has 3 aliphatic carbocycles. The SMILES string of the molecule is COc1ccc(C[C@@]2(CCC(=O)NC[C@H]3C[C@H]4C=C[C@H]3C43CC3)CCC(=O)N2)cc1OC. The molecular weight excluding hydrogens is 404 g/mol. The maximum atomic E-state index is 12.7. The molecule has 1 spiro atoms. The van der Waals surface area contributed by atoms with Crippen molar-refractivity contribution in [2.24, 2.45) is 23.2 Å². The standard InChI is InChI=1S/C26H34N2O4/c1-31-21-6-3-17(13-22(21)32-2)15-25(10-8-24(30)28-25)9-7-23(29)27-16-18-14-19-4-5-20(18)26(19)11-12-26/h3-6,13,18-20H,7-12,14-16H2,1-2H3,(H,27,29)(H,28,30)/t18-,19-,20-,25-/m1/s1. The van der Waals surface area contributed by atoms with Crippen molar-refractivity contribution in [3.8, 4) is 11.5 Å². The molecule has 2 saturated carbocycles. The number of allylic oxidation sites excluding steroid dienone is 2. The zero-order valence-electron chi connectivity index (χ0n) is 19.1. The molecule has 0 unspecified atom stereocenters. The Balaban J connectivity index is 1.18. The van der Waals surface area contributed by atoms with Crippen LogP contribution >= 0.6 is 0 Å². The van der Waals surface area contributed by atoms with Gasteiger partial charge in [0.15, 0.2) is 11.5 Å². The molecule has 2 amide bonds. The van der Waals surface area contributed by atoms with Crippen LogP contribution in [0.1, 0.15) is 50.5 Å². The molecule has 4 atom stereocenters. The fourth-order valence-electron chi connectivity index (χ4n) is 6.61. The second-order valence-corrected chi connectivity index (χ2v) is 10.2. The summed E-state index contributed by atoms with van der Waals surface area (Å²) >= 11 is 0. The topological polar surface area (TPSA) is 76.7 Å². The van der Waals surface area contributed by atoms with E-state index in [1.165, 1.54) is 19.3 Å². The number of carbonyl (C=O) groups excluding carboxylic acids is 2. The van der Waals surface area contributed by atoms with Crippen molar-refractivity contribution in [2.75, 3.05) is 20.8 Å². The van der Waals surface area contributed by atoms with Crippen molar-refractivity contribution in [3.05, 3.63) is 35.9 Å². The van der Waals surface area contributed by atoms with Crippen LogP contribution in [0, 0.1) is 23.2 Å². The molecule has 0 radical (unpaired) electrons. The monoisotopic (exact) mass is 438 g/mol. The second kappa shape index (κ2) is 8.13. The van der Waals surface area contributed by atoms with E-state index in [1.807, 2.05) is 18.2 Å². The van der Waals surface area contributed by atoms with Gasteiger partial charge in [-0.15, -0.1) is 0 Å². The Morgan fingerprint density at radius 2 is 1.97 bits per heavy atom.